The summed E-state index contributed by atoms with van der Waals surface area (Å²) in [7, 11) is 0. The summed E-state index contributed by atoms with van der Waals surface area (Å²) in [6.07, 6.45) is 1.04. The van der Waals surface area contributed by atoms with Gasteiger partial charge in [0, 0.05) is 5.92 Å². The van der Waals surface area contributed by atoms with E-state index in [-0.39, 0.29) is 0 Å². The van der Waals surface area contributed by atoms with Crippen LogP contribution in [0.3, 0.4) is 0 Å². The van der Waals surface area contributed by atoms with Crippen molar-refractivity contribution in [3.05, 3.63) is 107 Å². The molecule has 0 bridgehead atoms. The maximum atomic E-state index is 2.28. The van der Waals surface area contributed by atoms with Crippen LogP contribution in [-0.2, 0) is 6.42 Å². The number of benzene rings is 3. The highest BCUT2D eigenvalue weighted by molar-refractivity contribution is 5.42. The third-order valence-corrected chi connectivity index (χ3v) is 4.51. The Morgan fingerprint density at radius 3 is 2.00 bits per heavy atom. The highest BCUT2D eigenvalue weighted by atomic mass is 14.2. The standard InChI is InChI=1S/C22H22/c1-17-10-9-15-21(18(17)2)22(20-13-7-4-8-14-20)16-19-11-5-3-6-12-19/h3-15,22H,16H2,1-2H3. The van der Waals surface area contributed by atoms with Crippen molar-refractivity contribution < 1.29 is 0 Å². The maximum Gasteiger partial charge on any atom is 0.0132 e. The Morgan fingerprint density at radius 1 is 0.682 bits per heavy atom. The van der Waals surface area contributed by atoms with E-state index in [4.69, 9.17) is 0 Å². The highest BCUT2D eigenvalue weighted by Gasteiger charge is 2.17. The Hall–Kier alpha value is -2.34. The van der Waals surface area contributed by atoms with E-state index >= 15 is 0 Å². The van der Waals surface area contributed by atoms with Gasteiger partial charge in [-0.1, -0.05) is 78.9 Å². The molecule has 0 heteroatoms. The van der Waals surface area contributed by atoms with E-state index in [1.54, 1.807) is 0 Å². The minimum absolute atomic E-state index is 0.406. The molecule has 0 aliphatic carbocycles. The van der Waals surface area contributed by atoms with Gasteiger partial charge >= 0.3 is 0 Å². The van der Waals surface area contributed by atoms with Crippen molar-refractivity contribution in [2.45, 2.75) is 26.2 Å². The topological polar surface area (TPSA) is 0 Å². The summed E-state index contributed by atoms with van der Waals surface area (Å²) >= 11 is 0. The molecule has 0 saturated carbocycles. The number of hydrogen-bond acceptors (Lipinski definition) is 0. The first-order chi connectivity index (χ1) is 10.8. The summed E-state index contributed by atoms with van der Waals surface area (Å²) in [5.41, 5.74) is 6.99. The molecule has 0 fully saturated rings. The van der Waals surface area contributed by atoms with Gasteiger partial charge in [0.15, 0.2) is 0 Å². The minimum atomic E-state index is 0.406. The van der Waals surface area contributed by atoms with Crippen molar-refractivity contribution in [1.29, 1.82) is 0 Å². The van der Waals surface area contributed by atoms with Gasteiger partial charge in [-0.05, 0) is 48.1 Å². The van der Waals surface area contributed by atoms with Crippen LogP contribution >= 0.6 is 0 Å². The first-order valence-corrected chi connectivity index (χ1v) is 7.90. The Labute approximate surface area is 133 Å². The molecule has 0 saturated heterocycles. The van der Waals surface area contributed by atoms with E-state index in [1.807, 2.05) is 0 Å². The molecule has 0 spiro atoms. The highest BCUT2D eigenvalue weighted by Crippen LogP contribution is 2.31. The summed E-state index contributed by atoms with van der Waals surface area (Å²) in [4.78, 5) is 0. The van der Waals surface area contributed by atoms with E-state index in [2.05, 4.69) is 92.7 Å². The molecule has 3 rings (SSSR count). The van der Waals surface area contributed by atoms with Crippen LogP contribution in [0.1, 0.15) is 33.7 Å². The summed E-state index contributed by atoms with van der Waals surface area (Å²) in [6, 6.07) is 28.3. The molecule has 0 radical (unpaired) electrons. The normalized spacial score (nSPS) is 12.1. The fraction of sp³-hybridized carbons (Fsp3) is 0.182. The maximum absolute atomic E-state index is 2.28. The molecule has 1 atom stereocenters. The van der Waals surface area contributed by atoms with Crippen molar-refractivity contribution in [1.82, 2.24) is 0 Å². The minimum Gasteiger partial charge on any atom is -0.0622 e. The third-order valence-electron chi connectivity index (χ3n) is 4.51. The van der Waals surface area contributed by atoms with E-state index in [0.717, 1.165) is 6.42 Å². The fourth-order valence-electron chi connectivity index (χ4n) is 3.09. The second kappa shape index (κ2) is 6.62. The van der Waals surface area contributed by atoms with Crippen LogP contribution < -0.4 is 0 Å². The zero-order valence-electron chi connectivity index (χ0n) is 13.3. The SMILES string of the molecule is Cc1cccc(C(Cc2ccccc2)c2ccccc2)c1C. The van der Waals surface area contributed by atoms with Crippen molar-refractivity contribution >= 4 is 0 Å². The molecule has 0 N–H and O–H groups in total. The Morgan fingerprint density at radius 2 is 1.32 bits per heavy atom. The van der Waals surface area contributed by atoms with Gasteiger partial charge in [0.25, 0.3) is 0 Å². The second-order valence-corrected chi connectivity index (χ2v) is 5.94. The molecule has 0 aliphatic rings. The van der Waals surface area contributed by atoms with Crippen LogP contribution in [0, 0.1) is 13.8 Å². The lowest BCUT2D eigenvalue weighted by molar-refractivity contribution is 0.796. The van der Waals surface area contributed by atoms with E-state index in [1.165, 1.54) is 27.8 Å². The van der Waals surface area contributed by atoms with Crippen molar-refractivity contribution in [3.8, 4) is 0 Å². The number of hydrogen-bond donors (Lipinski definition) is 0. The van der Waals surface area contributed by atoms with E-state index < -0.39 is 0 Å². The van der Waals surface area contributed by atoms with Gasteiger partial charge in [0.2, 0.25) is 0 Å². The zero-order chi connectivity index (χ0) is 15.4. The van der Waals surface area contributed by atoms with Crippen LogP contribution in [-0.4, -0.2) is 0 Å². The lowest BCUT2D eigenvalue weighted by Gasteiger charge is -2.21. The fourth-order valence-corrected chi connectivity index (χ4v) is 3.09. The number of rotatable bonds is 4. The summed E-state index contributed by atoms with van der Waals surface area (Å²) < 4.78 is 0. The Bertz CT molecular complexity index is 727. The van der Waals surface area contributed by atoms with Crippen LogP contribution in [0.15, 0.2) is 78.9 Å². The molecule has 0 nitrogen and oxygen atoms in total. The van der Waals surface area contributed by atoms with E-state index in [9.17, 15) is 0 Å². The van der Waals surface area contributed by atoms with Crippen LogP contribution in [0.2, 0.25) is 0 Å². The van der Waals surface area contributed by atoms with Gasteiger partial charge in [-0.3, -0.25) is 0 Å². The molecule has 0 heterocycles. The third kappa shape index (κ3) is 3.12. The van der Waals surface area contributed by atoms with Gasteiger partial charge in [0.05, 0.1) is 0 Å². The van der Waals surface area contributed by atoms with Gasteiger partial charge in [-0.2, -0.15) is 0 Å². The number of aryl methyl sites for hydroxylation is 1. The first kappa shape index (κ1) is 14.6. The molecule has 1 unspecified atom stereocenters. The predicted molar refractivity (Wildman–Crippen MR) is 94.3 cm³/mol. The van der Waals surface area contributed by atoms with Crippen LogP contribution in [0.25, 0.3) is 0 Å². The molecule has 3 aromatic carbocycles. The molecule has 0 aliphatic heterocycles. The average molecular weight is 286 g/mol. The van der Waals surface area contributed by atoms with Crippen molar-refractivity contribution in [2.24, 2.45) is 0 Å². The second-order valence-electron chi connectivity index (χ2n) is 5.94. The van der Waals surface area contributed by atoms with Gasteiger partial charge in [0.1, 0.15) is 0 Å². The molecule has 110 valence electrons. The zero-order valence-corrected chi connectivity index (χ0v) is 13.3. The average Bonchev–Trinajstić information content (AvgIpc) is 2.57. The summed E-state index contributed by atoms with van der Waals surface area (Å²) in [5, 5.41) is 0. The molecule has 3 aromatic rings. The lowest BCUT2D eigenvalue weighted by atomic mass is 9.83. The quantitative estimate of drug-likeness (QED) is 0.579. The van der Waals surface area contributed by atoms with Gasteiger partial charge < -0.3 is 0 Å². The van der Waals surface area contributed by atoms with E-state index in [0.29, 0.717) is 5.92 Å². The van der Waals surface area contributed by atoms with Gasteiger partial charge in [-0.25, -0.2) is 0 Å². The summed E-state index contributed by atoms with van der Waals surface area (Å²) in [5.74, 6) is 0.406. The van der Waals surface area contributed by atoms with Crippen molar-refractivity contribution in [2.75, 3.05) is 0 Å². The van der Waals surface area contributed by atoms with Crippen LogP contribution in [0.5, 0.6) is 0 Å². The smallest absolute Gasteiger partial charge is 0.0132 e. The molecular weight excluding hydrogens is 264 g/mol. The van der Waals surface area contributed by atoms with Crippen molar-refractivity contribution in [3.63, 3.8) is 0 Å². The molecule has 0 amide bonds. The van der Waals surface area contributed by atoms with Gasteiger partial charge in [-0.15, -0.1) is 0 Å². The molecular formula is C22H22. The predicted octanol–water partition coefficient (Wildman–Crippen LogP) is 5.68. The molecule has 22 heavy (non-hydrogen) atoms. The summed E-state index contributed by atoms with van der Waals surface area (Å²) in [6.45, 7) is 4.44. The monoisotopic (exact) mass is 286 g/mol. The Balaban J connectivity index is 2.05. The largest absolute Gasteiger partial charge is 0.0622 e. The lowest BCUT2D eigenvalue weighted by Crippen LogP contribution is -2.07. The first-order valence-electron chi connectivity index (χ1n) is 7.90. The van der Waals surface area contributed by atoms with Crippen LogP contribution in [0.4, 0.5) is 0 Å². The molecule has 0 aromatic heterocycles. The Kier molecular flexibility index (Phi) is 4.39.